The van der Waals surface area contributed by atoms with E-state index in [-0.39, 0.29) is 5.78 Å². The predicted octanol–water partition coefficient (Wildman–Crippen LogP) is 3.82. The molecule has 6 heteroatoms. The van der Waals surface area contributed by atoms with Gasteiger partial charge in [-0.2, -0.15) is 0 Å². The smallest absolute Gasteiger partial charge is 0.341 e. The van der Waals surface area contributed by atoms with Crippen LogP contribution < -0.4 is 9.47 Å². The molecule has 0 spiro atoms. The van der Waals surface area contributed by atoms with Gasteiger partial charge in [0.25, 0.3) is 0 Å². The molecule has 0 bridgehead atoms. The number of methoxy groups -OCH3 is 1. The molecule has 0 saturated heterocycles. The summed E-state index contributed by atoms with van der Waals surface area (Å²) >= 11 is 3.39. The third-order valence-electron chi connectivity index (χ3n) is 3.10. The van der Waals surface area contributed by atoms with Crippen LogP contribution in [0.25, 0.3) is 6.08 Å². The van der Waals surface area contributed by atoms with Crippen molar-refractivity contribution < 1.29 is 24.2 Å². The van der Waals surface area contributed by atoms with Crippen LogP contribution in [0.5, 0.6) is 11.5 Å². The van der Waals surface area contributed by atoms with Crippen LogP contribution in [0.4, 0.5) is 0 Å². The summed E-state index contributed by atoms with van der Waals surface area (Å²) in [6.45, 7) is -0.417. The highest BCUT2D eigenvalue weighted by Crippen LogP contribution is 2.26. The molecule has 0 aliphatic rings. The number of carbonyl (C=O) groups is 2. The van der Waals surface area contributed by atoms with Crippen molar-refractivity contribution in [1.82, 2.24) is 0 Å². The van der Waals surface area contributed by atoms with Gasteiger partial charge in [-0.25, -0.2) is 4.79 Å². The number of halogens is 1. The number of carboxylic acid groups (broad SMARTS) is 1. The average molecular weight is 391 g/mol. The lowest BCUT2D eigenvalue weighted by atomic mass is 10.1. The second-order valence-electron chi connectivity index (χ2n) is 4.80. The molecule has 5 nitrogen and oxygen atoms in total. The largest absolute Gasteiger partial charge is 0.496 e. The fourth-order valence-corrected chi connectivity index (χ4v) is 2.47. The Balaban J connectivity index is 2.03. The van der Waals surface area contributed by atoms with Crippen LogP contribution in [0.15, 0.2) is 53.0 Å². The van der Waals surface area contributed by atoms with Gasteiger partial charge in [0.2, 0.25) is 0 Å². The van der Waals surface area contributed by atoms with E-state index in [4.69, 9.17) is 14.6 Å². The van der Waals surface area contributed by atoms with Gasteiger partial charge in [-0.1, -0.05) is 12.1 Å². The minimum atomic E-state index is -1.05. The van der Waals surface area contributed by atoms with E-state index in [1.54, 1.807) is 37.5 Å². The van der Waals surface area contributed by atoms with Gasteiger partial charge in [-0.05, 0) is 64.0 Å². The van der Waals surface area contributed by atoms with Gasteiger partial charge < -0.3 is 14.6 Å². The van der Waals surface area contributed by atoms with Gasteiger partial charge in [-0.15, -0.1) is 0 Å². The van der Waals surface area contributed by atoms with Crippen LogP contribution in [-0.2, 0) is 4.79 Å². The summed E-state index contributed by atoms with van der Waals surface area (Å²) in [7, 11) is 1.59. The normalized spacial score (nSPS) is 10.6. The molecule has 2 aromatic carbocycles. The maximum absolute atomic E-state index is 12.1. The first-order valence-electron chi connectivity index (χ1n) is 7.00. The van der Waals surface area contributed by atoms with E-state index in [0.29, 0.717) is 11.3 Å². The van der Waals surface area contributed by atoms with Crippen molar-refractivity contribution >= 4 is 33.8 Å². The first-order valence-corrected chi connectivity index (χ1v) is 7.79. The number of benzene rings is 2. The molecule has 0 aliphatic heterocycles. The van der Waals surface area contributed by atoms with Crippen LogP contribution in [0.3, 0.4) is 0 Å². The standard InChI is InChI=1S/C18H15BrO5/c1-23-17-9-3-12(10-15(17)19)2-8-16(20)13-4-6-14(7-5-13)24-11-18(21)22/h2-10H,11H2,1H3,(H,21,22)/b8-2+. The van der Waals surface area contributed by atoms with Crippen LogP contribution in [0.1, 0.15) is 15.9 Å². The monoisotopic (exact) mass is 390 g/mol. The van der Waals surface area contributed by atoms with Crippen molar-refractivity contribution in [3.05, 3.63) is 64.1 Å². The highest BCUT2D eigenvalue weighted by Gasteiger charge is 2.04. The summed E-state index contributed by atoms with van der Waals surface area (Å²) in [5.41, 5.74) is 1.35. The molecular weight excluding hydrogens is 376 g/mol. The molecule has 0 aliphatic carbocycles. The number of ketones is 1. The SMILES string of the molecule is COc1ccc(/C=C/C(=O)c2ccc(OCC(=O)O)cc2)cc1Br. The van der Waals surface area contributed by atoms with Crippen molar-refractivity contribution in [1.29, 1.82) is 0 Å². The Morgan fingerprint density at radius 3 is 2.46 bits per heavy atom. The number of hydrogen-bond donors (Lipinski definition) is 1. The summed E-state index contributed by atoms with van der Waals surface area (Å²) in [5.74, 6) is -0.0945. The molecule has 0 unspecified atom stereocenters. The zero-order valence-corrected chi connectivity index (χ0v) is 14.4. The molecule has 0 amide bonds. The zero-order chi connectivity index (χ0) is 17.5. The molecule has 0 aromatic heterocycles. The summed E-state index contributed by atoms with van der Waals surface area (Å²) in [6.07, 6.45) is 3.18. The van der Waals surface area contributed by atoms with Crippen molar-refractivity contribution in [3.63, 3.8) is 0 Å². The number of carboxylic acids is 1. The number of carbonyl (C=O) groups excluding carboxylic acids is 1. The van der Waals surface area contributed by atoms with Crippen molar-refractivity contribution in [2.75, 3.05) is 13.7 Å². The molecule has 0 heterocycles. The molecule has 2 rings (SSSR count). The lowest BCUT2D eigenvalue weighted by molar-refractivity contribution is -0.139. The predicted molar refractivity (Wildman–Crippen MR) is 93.6 cm³/mol. The van der Waals surface area contributed by atoms with E-state index in [2.05, 4.69) is 15.9 Å². The van der Waals surface area contributed by atoms with Crippen LogP contribution >= 0.6 is 15.9 Å². The van der Waals surface area contributed by atoms with E-state index in [1.165, 1.54) is 6.08 Å². The van der Waals surface area contributed by atoms with Crippen LogP contribution in [-0.4, -0.2) is 30.6 Å². The minimum Gasteiger partial charge on any atom is -0.496 e. The Morgan fingerprint density at radius 2 is 1.88 bits per heavy atom. The highest BCUT2D eigenvalue weighted by molar-refractivity contribution is 9.10. The van der Waals surface area contributed by atoms with Crippen molar-refractivity contribution in [2.24, 2.45) is 0 Å². The lowest BCUT2D eigenvalue weighted by Crippen LogP contribution is -2.09. The molecule has 24 heavy (non-hydrogen) atoms. The number of aliphatic carboxylic acids is 1. The highest BCUT2D eigenvalue weighted by atomic mass is 79.9. The maximum Gasteiger partial charge on any atom is 0.341 e. The van der Waals surface area contributed by atoms with E-state index in [1.807, 2.05) is 18.2 Å². The summed E-state index contributed by atoms with van der Waals surface area (Å²) < 4.78 is 11.0. The lowest BCUT2D eigenvalue weighted by Gasteiger charge is -2.04. The summed E-state index contributed by atoms with van der Waals surface area (Å²) in [4.78, 5) is 22.6. The second-order valence-corrected chi connectivity index (χ2v) is 5.65. The Kier molecular flexibility index (Phi) is 6.14. The molecule has 2 aromatic rings. The minimum absolute atomic E-state index is 0.160. The van der Waals surface area contributed by atoms with Crippen molar-refractivity contribution in [2.45, 2.75) is 0 Å². The maximum atomic E-state index is 12.1. The van der Waals surface area contributed by atoms with Crippen LogP contribution in [0.2, 0.25) is 0 Å². The van der Waals surface area contributed by atoms with E-state index < -0.39 is 12.6 Å². The fraction of sp³-hybridized carbons (Fsp3) is 0.111. The summed E-state index contributed by atoms with van der Waals surface area (Å²) in [5, 5.41) is 8.55. The number of hydrogen-bond acceptors (Lipinski definition) is 4. The van der Waals surface area contributed by atoms with Gasteiger partial charge in [0, 0.05) is 5.56 Å². The third kappa shape index (κ3) is 4.96. The van der Waals surface area contributed by atoms with E-state index in [0.717, 1.165) is 15.8 Å². The molecule has 0 radical (unpaired) electrons. The van der Waals surface area contributed by atoms with Crippen molar-refractivity contribution in [3.8, 4) is 11.5 Å². The molecule has 1 N–H and O–H groups in total. The third-order valence-corrected chi connectivity index (χ3v) is 3.72. The van der Waals surface area contributed by atoms with E-state index in [9.17, 15) is 9.59 Å². The zero-order valence-electron chi connectivity index (χ0n) is 12.9. The number of allylic oxidation sites excluding steroid dienone is 1. The molecular formula is C18H15BrO5. The van der Waals surface area contributed by atoms with Gasteiger partial charge in [0.15, 0.2) is 12.4 Å². The van der Waals surface area contributed by atoms with Gasteiger partial charge >= 0.3 is 5.97 Å². The Labute approximate surface area is 147 Å². The van der Waals surface area contributed by atoms with Gasteiger partial charge in [-0.3, -0.25) is 4.79 Å². The molecule has 124 valence electrons. The number of rotatable bonds is 7. The topological polar surface area (TPSA) is 72.8 Å². The van der Waals surface area contributed by atoms with Gasteiger partial charge in [0.05, 0.1) is 11.6 Å². The Bertz CT molecular complexity index is 765. The molecule has 0 atom stereocenters. The van der Waals surface area contributed by atoms with Crippen LogP contribution in [0, 0.1) is 0 Å². The first kappa shape index (κ1) is 17.7. The number of ether oxygens (including phenoxy) is 2. The van der Waals surface area contributed by atoms with Gasteiger partial charge in [0.1, 0.15) is 11.5 Å². The summed E-state index contributed by atoms with van der Waals surface area (Å²) in [6, 6.07) is 11.8. The molecule has 0 fully saturated rings. The van der Waals surface area contributed by atoms with E-state index >= 15 is 0 Å². The Morgan fingerprint density at radius 1 is 1.17 bits per heavy atom. The first-order chi connectivity index (χ1) is 11.5. The fourth-order valence-electron chi connectivity index (χ4n) is 1.91. The molecule has 0 saturated carbocycles. The quantitative estimate of drug-likeness (QED) is 0.574. The second kappa shape index (κ2) is 8.31. The Hall–Kier alpha value is -2.60. The average Bonchev–Trinajstić information content (AvgIpc) is 2.58.